The van der Waals surface area contributed by atoms with E-state index in [4.69, 9.17) is 4.74 Å². The highest BCUT2D eigenvalue weighted by molar-refractivity contribution is 7.89. The molecule has 6 nitrogen and oxygen atoms in total. The number of piperidine rings is 1. The van der Waals surface area contributed by atoms with Crippen LogP contribution in [0.4, 0.5) is 0 Å². The second-order valence-electron chi connectivity index (χ2n) is 8.70. The molecule has 1 fully saturated rings. The molecule has 0 N–H and O–H groups in total. The van der Waals surface area contributed by atoms with Crippen LogP contribution in [0.3, 0.4) is 0 Å². The minimum atomic E-state index is -3.61. The van der Waals surface area contributed by atoms with Gasteiger partial charge in [-0.2, -0.15) is 4.31 Å². The van der Waals surface area contributed by atoms with E-state index in [1.54, 1.807) is 35.7 Å². The summed E-state index contributed by atoms with van der Waals surface area (Å²) >= 11 is 0. The van der Waals surface area contributed by atoms with E-state index in [1.807, 2.05) is 47.9 Å². The smallest absolute Gasteiger partial charge is 0.258 e. The number of pyridine rings is 1. The van der Waals surface area contributed by atoms with Crippen molar-refractivity contribution in [2.75, 3.05) is 20.2 Å². The minimum Gasteiger partial charge on any atom is -0.497 e. The van der Waals surface area contributed by atoms with Crippen molar-refractivity contribution in [3.05, 3.63) is 82.3 Å². The van der Waals surface area contributed by atoms with E-state index < -0.39 is 10.0 Å². The first-order valence-electron chi connectivity index (χ1n) is 10.8. The fraction of sp³-hybridized carbons (Fsp3) is 0.320. The van der Waals surface area contributed by atoms with Gasteiger partial charge in [0.05, 0.1) is 12.0 Å². The zero-order valence-corrected chi connectivity index (χ0v) is 19.0. The number of hydrogen-bond acceptors (Lipinski definition) is 4. The normalized spacial score (nSPS) is 20.6. The molecular weight excluding hydrogens is 424 g/mol. The van der Waals surface area contributed by atoms with Gasteiger partial charge in [-0.25, -0.2) is 8.42 Å². The average Bonchev–Trinajstić information content (AvgIpc) is 2.80. The van der Waals surface area contributed by atoms with Gasteiger partial charge >= 0.3 is 0 Å². The maximum Gasteiger partial charge on any atom is 0.258 e. The molecule has 7 heteroatoms. The summed E-state index contributed by atoms with van der Waals surface area (Å²) < 4.78 is 35.2. The summed E-state index contributed by atoms with van der Waals surface area (Å²) in [5.74, 6) is 0.741. The van der Waals surface area contributed by atoms with Crippen LogP contribution in [0.1, 0.15) is 23.6 Å². The molecule has 0 saturated carbocycles. The largest absolute Gasteiger partial charge is 0.497 e. The molecule has 166 valence electrons. The van der Waals surface area contributed by atoms with E-state index >= 15 is 0 Å². The number of aryl methyl sites for hydroxylation is 1. The van der Waals surface area contributed by atoms with Crippen molar-refractivity contribution < 1.29 is 13.2 Å². The third-order valence-corrected chi connectivity index (χ3v) is 8.55. The van der Waals surface area contributed by atoms with Crippen LogP contribution >= 0.6 is 0 Å². The number of aromatic nitrogens is 1. The Morgan fingerprint density at radius 3 is 2.38 bits per heavy atom. The second-order valence-corrected chi connectivity index (χ2v) is 10.6. The number of fused-ring (bicyclic) bond motifs is 4. The van der Waals surface area contributed by atoms with Crippen LogP contribution in [0.25, 0.3) is 11.1 Å². The monoisotopic (exact) mass is 450 g/mol. The third kappa shape index (κ3) is 3.45. The highest BCUT2D eigenvalue weighted by atomic mass is 32.2. The van der Waals surface area contributed by atoms with Crippen molar-refractivity contribution in [2.45, 2.75) is 30.7 Å². The minimum absolute atomic E-state index is 0.00847. The summed E-state index contributed by atoms with van der Waals surface area (Å²) in [7, 11) is -2.05. The molecule has 2 aromatic carbocycles. The van der Waals surface area contributed by atoms with Gasteiger partial charge in [0.2, 0.25) is 10.0 Å². The third-order valence-electron chi connectivity index (χ3n) is 6.70. The molecule has 0 unspecified atom stereocenters. The van der Waals surface area contributed by atoms with E-state index in [0.717, 1.165) is 23.2 Å². The highest BCUT2D eigenvalue weighted by Crippen LogP contribution is 2.38. The van der Waals surface area contributed by atoms with Gasteiger partial charge in [-0.15, -0.1) is 0 Å². The lowest BCUT2D eigenvalue weighted by molar-refractivity contribution is 0.186. The number of methoxy groups -OCH3 is 1. The SMILES string of the molecule is COc1ccc(S(=O)(=O)N2C[C@H]3C[C@H](C2)c2ccc(-c4ccccc4C)c(=O)n2C3)cc1. The van der Waals surface area contributed by atoms with Crippen molar-refractivity contribution in [2.24, 2.45) is 5.92 Å². The van der Waals surface area contributed by atoms with Gasteiger partial charge in [-0.3, -0.25) is 4.79 Å². The first kappa shape index (κ1) is 21.0. The van der Waals surface area contributed by atoms with E-state index in [9.17, 15) is 13.2 Å². The highest BCUT2D eigenvalue weighted by Gasteiger charge is 2.39. The Morgan fingerprint density at radius 1 is 0.906 bits per heavy atom. The summed E-state index contributed by atoms with van der Waals surface area (Å²) in [6, 6.07) is 18.3. The van der Waals surface area contributed by atoms with Gasteiger partial charge in [-0.05, 0) is 66.8 Å². The summed E-state index contributed by atoms with van der Waals surface area (Å²) in [5, 5.41) is 0. The molecule has 3 heterocycles. The molecule has 0 radical (unpaired) electrons. The lowest BCUT2D eigenvalue weighted by atomic mass is 9.83. The Balaban J connectivity index is 1.48. The maximum atomic E-state index is 13.4. The van der Waals surface area contributed by atoms with Crippen molar-refractivity contribution in [1.29, 1.82) is 0 Å². The first-order chi connectivity index (χ1) is 15.4. The van der Waals surface area contributed by atoms with Gasteiger partial charge in [0.1, 0.15) is 5.75 Å². The molecule has 1 aromatic heterocycles. The standard InChI is InChI=1S/C25H26N2O4S/c1-17-5-3-4-6-22(17)23-11-12-24-19-13-18(15-27(24)25(23)28)14-26(16-19)32(29,30)21-9-7-20(31-2)8-10-21/h3-12,18-19H,13-16H2,1-2H3/t18-,19-/m1/s1. The molecule has 0 amide bonds. The van der Waals surface area contributed by atoms with Crippen molar-refractivity contribution in [3.8, 4) is 16.9 Å². The summed E-state index contributed by atoms with van der Waals surface area (Å²) in [6.45, 7) is 3.36. The van der Waals surface area contributed by atoms with Crippen LogP contribution < -0.4 is 10.3 Å². The van der Waals surface area contributed by atoms with Crippen LogP contribution in [-0.4, -0.2) is 37.5 Å². The molecule has 2 bridgehead atoms. The fourth-order valence-electron chi connectivity index (χ4n) is 5.08. The summed E-state index contributed by atoms with van der Waals surface area (Å²) in [5.41, 5.74) is 3.66. The maximum absolute atomic E-state index is 13.4. The van der Waals surface area contributed by atoms with Crippen molar-refractivity contribution in [3.63, 3.8) is 0 Å². The van der Waals surface area contributed by atoms with Gasteiger partial charge in [0, 0.05) is 36.8 Å². The van der Waals surface area contributed by atoms with Crippen LogP contribution in [0.15, 0.2) is 70.4 Å². The number of benzene rings is 2. The Bertz CT molecular complexity index is 1330. The Morgan fingerprint density at radius 2 is 1.66 bits per heavy atom. The fourth-order valence-corrected chi connectivity index (χ4v) is 6.64. The summed E-state index contributed by atoms with van der Waals surface area (Å²) in [4.78, 5) is 13.6. The van der Waals surface area contributed by atoms with Crippen molar-refractivity contribution in [1.82, 2.24) is 8.87 Å². The number of ether oxygens (including phenoxy) is 1. The average molecular weight is 451 g/mol. The van der Waals surface area contributed by atoms with E-state index in [0.29, 0.717) is 30.9 Å². The van der Waals surface area contributed by atoms with Gasteiger partial charge in [0.25, 0.3) is 5.56 Å². The summed E-state index contributed by atoms with van der Waals surface area (Å²) in [6.07, 6.45) is 0.901. The van der Waals surface area contributed by atoms with E-state index in [-0.39, 0.29) is 22.3 Å². The zero-order chi connectivity index (χ0) is 22.5. The van der Waals surface area contributed by atoms with Gasteiger partial charge in [-0.1, -0.05) is 24.3 Å². The lowest BCUT2D eigenvalue weighted by Crippen LogP contribution is -2.49. The molecule has 0 spiro atoms. The molecule has 2 aliphatic rings. The van der Waals surface area contributed by atoms with Crippen molar-refractivity contribution >= 4 is 10.0 Å². The Hall–Kier alpha value is -2.90. The van der Waals surface area contributed by atoms with Crippen LogP contribution in [-0.2, 0) is 16.6 Å². The lowest BCUT2D eigenvalue weighted by Gasteiger charge is -2.42. The molecule has 32 heavy (non-hydrogen) atoms. The number of sulfonamides is 1. The quantitative estimate of drug-likeness (QED) is 0.609. The van der Waals surface area contributed by atoms with Crippen LogP contribution in [0.2, 0.25) is 0 Å². The molecule has 5 rings (SSSR count). The predicted molar refractivity (Wildman–Crippen MR) is 123 cm³/mol. The van der Waals surface area contributed by atoms with Crippen LogP contribution in [0, 0.1) is 12.8 Å². The second kappa shape index (κ2) is 7.90. The Labute approximate surface area is 188 Å². The van der Waals surface area contributed by atoms with Gasteiger partial charge < -0.3 is 9.30 Å². The zero-order valence-electron chi connectivity index (χ0n) is 18.2. The molecular formula is C25H26N2O4S. The molecule has 3 aromatic rings. The number of nitrogens with zero attached hydrogens (tertiary/aromatic N) is 2. The topological polar surface area (TPSA) is 68.6 Å². The van der Waals surface area contributed by atoms with Gasteiger partial charge in [0.15, 0.2) is 0 Å². The molecule has 0 aliphatic carbocycles. The van der Waals surface area contributed by atoms with Crippen LogP contribution in [0.5, 0.6) is 5.75 Å². The predicted octanol–water partition coefficient (Wildman–Crippen LogP) is 3.64. The number of hydrogen-bond donors (Lipinski definition) is 0. The number of rotatable bonds is 4. The Kier molecular flexibility index (Phi) is 5.18. The molecule has 2 atom stereocenters. The molecule has 2 aliphatic heterocycles. The molecule has 1 saturated heterocycles. The van der Waals surface area contributed by atoms with E-state index in [1.165, 1.54) is 0 Å². The van der Waals surface area contributed by atoms with E-state index in [2.05, 4.69) is 0 Å². The first-order valence-corrected chi connectivity index (χ1v) is 12.3.